The Morgan fingerprint density at radius 3 is 2.68 bits per heavy atom. The van der Waals surface area contributed by atoms with Crippen molar-refractivity contribution in [1.29, 1.82) is 0 Å². The van der Waals surface area contributed by atoms with E-state index in [0.717, 1.165) is 38.4 Å². The van der Waals surface area contributed by atoms with Gasteiger partial charge in [0.05, 0.1) is 0 Å². The van der Waals surface area contributed by atoms with Crippen molar-refractivity contribution >= 4 is 18.3 Å². The topological polar surface area (TPSA) is 41.1 Å². The zero-order valence-corrected chi connectivity index (χ0v) is 13.5. The third kappa shape index (κ3) is 9.28. The molecule has 1 rings (SSSR count). The fraction of sp³-hybridized carbons (Fsp3) is 0.933. The number of amides is 1. The first-order chi connectivity index (χ1) is 8.58. The van der Waals surface area contributed by atoms with E-state index in [9.17, 15) is 4.79 Å². The van der Waals surface area contributed by atoms with Crippen LogP contribution in [0.25, 0.3) is 0 Å². The van der Waals surface area contributed by atoms with Gasteiger partial charge in [-0.15, -0.1) is 12.4 Å². The van der Waals surface area contributed by atoms with Crippen LogP contribution in [0.15, 0.2) is 0 Å². The van der Waals surface area contributed by atoms with Crippen molar-refractivity contribution in [2.24, 2.45) is 17.8 Å². The number of hydrogen-bond donors (Lipinski definition) is 2. The SMILES string of the molecule is CC(C)CC(C)CC(=O)NCCC1CCCNC1.Cl. The maximum atomic E-state index is 11.7. The Bertz CT molecular complexity index is 240. The summed E-state index contributed by atoms with van der Waals surface area (Å²) in [5.41, 5.74) is 0. The van der Waals surface area contributed by atoms with E-state index < -0.39 is 0 Å². The predicted molar refractivity (Wildman–Crippen MR) is 83.7 cm³/mol. The van der Waals surface area contributed by atoms with E-state index in [-0.39, 0.29) is 18.3 Å². The molecule has 2 N–H and O–H groups in total. The molecule has 3 nitrogen and oxygen atoms in total. The minimum atomic E-state index is 0. The van der Waals surface area contributed by atoms with Crippen LogP contribution in [0.5, 0.6) is 0 Å². The maximum Gasteiger partial charge on any atom is 0.220 e. The van der Waals surface area contributed by atoms with Gasteiger partial charge in [-0.3, -0.25) is 4.79 Å². The van der Waals surface area contributed by atoms with Gasteiger partial charge in [0.25, 0.3) is 0 Å². The number of carbonyl (C=O) groups is 1. The molecule has 0 bridgehead atoms. The Morgan fingerprint density at radius 2 is 2.11 bits per heavy atom. The number of nitrogens with one attached hydrogen (secondary N) is 2. The molecule has 0 saturated carbocycles. The fourth-order valence-electron chi connectivity index (χ4n) is 2.86. The molecule has 1 amide bonds. The minimum Gasteiger partial charge on any atom is -0.356 e. The number of carbonyl (C=O) groups excluding carboxylic acids is 1. The smallest absolute Gasteiger partial charge is 0.220 e. The molecule has 1 saturated heterocycles. The second kappa shape index (κ2) is 10.5. The average molecular weight is 291 g/mol. The van der Waals surface area contributed by atoms with Crippen LogP contribution < -0.4 is 10.6 Å². The molecule has 1 aliphatic heterocycles. The molecule has 0 radical (unpaired) electrons. The molecule has 0 spiro atoms. The highest BCUT2D eigenvalue weighted by Crippen LogP contribution is 2.15. The first-order valence-corrected chi connectivity index (χ1v) is 7.55. The molecule has 4 heteroatoms. The van der Waals surface area contributed by atoms with Crippen molar-refractivity contribution in [2.75, 3.05) is 19.6 Å². The Kier molecular flexibility index (Phi) is 10.3. The van der Waals surface area contributed by atoms with Gasteiger partial charge in [0.15, 0.2) is 0 Å². The van der Waals surface area contributed by atoms with Gasteiger partial charge in [-0.25, -0.2) is 0 Å². The van der Waals surface area contributed by atoms with Crippen LogP contribution in [0.4, 0.5) is 0 Å². The molecule has 0 aromatic heterocycles. The monoisotopic (exact) mass is 290 g/mol. The highest BCUT2D eigenvalue weighted by molar-refractivity contribution is 5.85. The molecular formula is C15H31ClN2O. The molecule has 19 heavy (non-hydrogen) atoms. The third-order valence-corrected chi connectivity index (χ3v) is 3.68. The molecule has 1 heterocycles. The lowest BCUT2D eigenvalue weighted by Crippen LogP contribution is -2.33. The quantitative estimate of drug-likeness (QED) is 0.757. The Hall–Kier alpha value is -0.280. The Morgan fingerprint density at radius 1 is 1.37 bits per heavy atom. The van der Waals surface area contributed by atoms with Crippen LogP contribution in [0.3, 0.4) is 0 Å². The van der Waals surface area contributed by atoms with Crippen molar-refractivity contribution in [3.05, 3.63) is 0 Å². The molecule has 0 aliphatic carbocycles. The Labute approximate surface area is 124 Å². The summed E-state index contributed by atoms with van der Waals surface area (Å²) in [4.78, 5) is 11.7. The third-order valence-electron chi connectivity index (χ3n) is 3.68. The highest BCUT2D eigenvalue weighted by Gasteiger charge is 2.14. The normalized spacial score (nSPS) is 20.7. The van der Waals surface area contributed by atoms with Crippen LogP contribution in [-0.4, -0.2) is 25.5 Å². The molecule has 114 valence electrons. The summed E-state index contributed by atoms with van der Waals surface area (Å²) in [5.74, 6) is 2.17. The van der Waals surface area contributed by atoms with Gasteiger partial charge in [0.1, 0.15) is 0 Å². The summed E-state index contributed by atoms with van der Waals surface area (Å²) >= 11 is 0. The van der Waals surface area contributed by atoms with Gasteiger partial charge in [-0.2, -0.15) is 0 Å². The molecule has 2 atom stereocenters. The van der Waals surface area contributed by atoms with E-state index in [1.165, 1.54) is 12.8 Å². The zero-order valence-electron chi connectivity index (χ0n) is 12.7. The van der Waals surface area contributed by atoms with Crippen molar-refractivity contribution in [3.63, 3.8) is 0 Å². The minimum absolute atomic E-state index is 0. The molecule has 1 fully saturated rings. The summed E-state index contributed by atoms with van der Waals surface area (Å²) < 4.78 is 0. The van der Waals surface area contributed by atoms with Crippen LogP contribution in [0.1, 0.15) is 52.9 Å². The summed E-state index contributed by atoms with van der Waals surface area (Å²) in [7, 11) is 0. The van der Waals surface area contributed by atoms with Gasteiger partial charge in [-0.05, 0) is 56.5 Å². The number of rotatable bonds is 7. The summed E-state index contributed by atoms with van der Waals surface area (Å²) in [5, 5.41) is 6.48. The fourth-order valence-corrected chi connectivity index (χ4v) is 2.86. The molecular weight excluding hydrogens is 260 g/mol. The van der Waals surface area contributed by atoms with E-state index in [2.05, 4.69) is 31.4 Å². The molecule has 0 aromatic carbocycles. The second-order valence-electron chi connectivity index (χ2n) is 6.29. The highest BCUT2D eigenvalue weighted by atomic mass is 35.5. The van der Waals surface area contributed by atoms with E-state index in [1.807, 2.05) is 0 Å². The van der Waals surface area contributed by atoms with Crippen LogP contribution >= 0.6 is 12.4 Å². The second-order valence-corrected chi connectivity index (χ2v) is 6.29. The van der Waals surface area contributed by atoms with Crippen molar-refractivity contribution in [1.82, 2.24) is 10.6 Å². The average Bonchev–Trinajstić information content (AvgIpc) is 2.29. The summed E-state index contributed by atoms with van der Waals surface area (Å²) in [6.07, 6.45) is 5.54. The molecule has 0 aromatic rings. The first-order valence-electron chi connectivity index (χ1n) is 7.55. The molecule has 2 unspecified atom stereocenters. The van der Waals surface area contributed by atoms with Crippen LogP contribution in [0.2, 0.25) is 0 Å². The van der Waals surface area contributed by atoms with Gasteiger partial charge >= 0.3 is 0 Å². The lowest BCUT2D eigenvalue weighted by Gasteiger charge is -2.22. The largest absolute Gasteiger partial charge is 0.356 e. The van der Waals surface area contributed by atoms with Gasteiger partial charge < -0.3 is 10.6 Å². The first kappa shape index (κ1) is 18.7. The van der Waals surface area contributed by atoms with Crippen LogP contribution in [-0.2, 0) is 4.79 Å². The van der Waals surface area contributed by atoms with Gasteiger partial charge in [0.2, 0.25) is 5.91 Å². The van der Waals surface area contributed by atoms with E-state index in [0.29, 0.717) is 18.3 Å². The summed E-state index contributed by atoms with van der Waals surface area (Å²) in [6.45, 7) is 9.73. The van der Waals surface area contributed by atoms with Crippen molar-refractivity contribution in [2.45, 2.75) is 52.9 Å². The van der Waals surface area contributed by atoms with Gasteiger partial charge in [-0.1, -0.05) is 20.8 Å². The van der Waals surface area contributed by atoms with E-state index >= 15 is 0 Å². The van der Waals surface area contributed by atoms with Crippen molar-refractivity contribution in [3.8, 4) is 0 Å². The standard InChI is InChI=1S/C15H30N2O.ClH/c1-12(2)9-13(3)10-15(18)17-8-6-14-5-4-7-16-11-14;/h12-14,16H,4-11H2,1-3H3,(H,17,18);1H. The van der Waals surface area contributed by atoms with Crippen LogP contribution in [0, 0.1) is 17.8 Å². The number of piperidine rings is 1. The summed E-state index contributed by atoms with van der Waals surface area (Å²) in [6, 6.07) is 0. The van der Waals surface area contributed by atoms with E-state index in [1.54, 1.807) is 0 Å². The number of hydrogen-bond acceptors (Lipinski definition) is 2. The van der Waals surface area contributed by atoms with Crippen molar-refractivity contribution < 1.29 is 4.79 Å². The lowest BCUT2D eigenvalue weighted by molar-refractivity contribution is -0.122. The van der Waals surface area contributed by atoms with Gasteiger partial charge in [0, 0.05) is 13.0 Å². The molecule has 1 aliphatic rings. The maximum absolute atomic E-state index is 11.7. The lowest BCUT2D eigenvalue weighted by atomic mass is 9.95. The zero-order chi connectivity index (χ0) is 13.4. The number of halogens is 1. The van der Waals surface area contributed by atoms with E-state index in [4.69, 9.17) is 0 Å². The Balaban J connectivity index is 0.00000324. The predicted octanol–water partition coefficient (Wildman–Crippen LogP) is 2.99.